The van der Waals surface area contributed by atoms with Crippen LogP contribution in [0.1, 0.15) is 31.2 Å². The normalized spacial score (nSPS) is 15.2. The second kappa shape index (κ2) is 6.06. The third-order valence-electron chi connectivity index (χ3n) is 3.54. The highest BCUT2D eigenvalue weighted by atomic mass is 32.2. The fourth-order valence-electron chi connectivity index (χ4n) is 2.46. The van der Waals surface area contributed by atoms with Gasteiger partial charge in [-0.2, -0.15) is 5.26 Å². The van der Waals surface area contributed by atoms with Gasteiger partial charge in [0, 0.05) is 23.2 Å². The summed E-state index contributed by atoms with van der Waals surface area (Å²) < 4.78 is 0. The molecule has 3 nitrogen and oxygen atoms in total. The van der Waals surface area contributed by atoms with Crippen molar-refractivity contribution in [3.63, 3.8) is 0 Å². The first kappa shape index (κ1) is 13.1. The van der Waals surface area contributed by atoms with Crippen molar-refractivity contribution in [2.45, 2.75) is 36.0 Å². The summed E-state index contributed by atoms with van der Waals surface area (Å²) in [5.41, 5.74) is 2.63. The maximum atomic E-state index is 9.24. The largest absolute Gasteiger partial charge is 0.265 e. The highest BCUT2D eigenvalue weighted by Gasteiger charge is 2.19. The smallest absolute Gasteiger partial charge is 0.115 e. The second-order valence-electron chi connectivity index (χ2n) is 4.92. The standard InChI is InChI=1S/C16H15N3S/c17-11-13-5-6-15(12-7-9-18-10-8-12)19-16(13)20-14-3-1-2-4-14/h5-10,14H,1-4H2. The van der Waals surface area contributed by atoms with Gasteiger partial charge in [-0.25, -0.2) is 4.98 Å². The fraction of sp³-hybridized carbons (Fsp3) is 0.312. The summed E-state index contributed by atoms with van der Waals surface area (Å²) in [5.74, 6) is 0. The maximum absolute atomic E-state index is 9.24. The van der Waals surface area contributed by atoms with E-state index in [0.29, 0.717) is 10.8 Å². The van der Waals surface area contributed by atoms with Crippen molar-refractivity contribution in [3.05, 3.63) is 42.2 Å². The maximum Gasteiger partial charge on any atom is 0.115 e. The zero-order valence-corrected chi connectivity index (χ0v) is 11.9. The van der Waals surface area contributed by atoms with E-state index in [1.54, 1.807) is 24.2 Å². The summed E-state index contributed by atoms with van der Waals surface area (Å²) in [6, 6.07) is 9.92. The summed E-state index contributed by atoms with van der Waals surface area (Å²) in [6.45, 7) is 0. The number of aromatic nitrogens is 2. The molecule has 1 aliphatic carbocycles. The molecule has 0 radical (unpaired) electrons. The van der Waals surface area contributed by atoms with Crippen LogP contribution in [0.5, 0.6) is 0 Å². The van der Waals surface area contributed by atoms with E-state index in [1.165, 1.54) is 25.7 Å². The van der Waals surface area contributed by atoms with Gasteiger partial charge >= 0.3 is 0 Å². The van der Waals surface area contributed by atoms with Gasteiger partial charge in [-0.05, 0) is 37.1 Å². The number of rotatable bonds is 3. The van der Waals surface area contributed by atoms with Crippen LogP contribution in [-0.2, 0) is 0 Å². The molecule has 4 heteroatoms. The molecule has 0 bridgehead atoms. The van der Waals surface area contributed by atoms with E-state index in [1.807, 2.05) is 24.3 Å². The molecule has 0 N–H and O–H groups in total. The molecule has 2 aromatic heterocycles. The van der Waals surface area contributed by atoms with Gasteiger partial charge in [0.2, 0.25) is 0 Å². The number of nitriles is 1. The first-order chi connectivity index (χ1) is 9.86. The van der Waals surface area contributed by atoms with Crippen LogP contribution in [-0.4, -0.2) is 15.2 Å². The highest BCUT2D eigenvalue weighted by Crippen LogP contribution is 2.36. The molecular formula is C16H15N3S. The molecule has 0 aromatic carbocycles. The minimum atomic E-state index is 0.613. The average Bonchev–Trinajstić information content (AvgIpc) is 3.01. The molecule has 100 valence electrons. The van der Waals surface area contributed by atoms with Crippen LogP contribution < -0.4 is 0 Å². The number of nitrogens with zero attached hydrogens (tertiary/aromatic N) is 3. The Labute approximate surface area is 123 Å². The van der Waals surface area contributed by atoms with Crippen LogP contribution in [0.2, 0.25) is 0 Å². The fourth-order valence-corrected chi connectivity index (χ4v) is 3.74. The van der Waals surface area contributed by atoms with Crippen LogP contribution in [0.3, 0.4) is 0 Å². The third kappa shape index (κ3) is 2.83. The second-order valence-corrected chi connectivity index (χ2v) is 6.21. The quantitative estimate of drug-likeness (QED) is 0.851. The van der Waals surface area contributed by atoms with Crippen LogP contribution in [0.4, 0.5) is 0 Å². The van der Waals surface area contributed by atoms with Crippen molar-refractivity contribution in [2.24, 2.45) is 0 Å². The van der Waals surface area contributed by atoms with Gasteiger partial charge in [0.1, 0.15) is 11.1 Å². The van der Waals surface area contributed by atoms with Gasteiger partial charge in [-0.1, -0.05) is 12.8 Å². The van der Waals surface area contributed by atoms with Crippen molar-refractivity contribution < 1.29 is 0 Å². The first-order valence-electron chi connectivity index (χ1n) is 6.85. The van der Waals surface area contributed by atoms with E-state index in [2.05, 4.69) is 16.0 Å². The van der Waals surface area contributed by atoms with E-state index in [4.69, 9.17) is 0 Å². The zero-order chi connectivity index (χ0) is 13.8. The van der Waals surface area contributed by atoms with Gasteiger partial charge in [-0.3, -0.25) is 4.98 Å². The van der Waals surface area contributed by atoms with E-state index >= 15 is 0 Å². The van der Waals surface area contributed by atoms with Gasteiger partial charge in [0.15, 0.2) is 0 Å². The molecule has 0 spiro atoms. The summed E-state index contributed by atoms with van der Waals surface area (Å²) >= 11 is 1.76. The lowest BCUT2D eigenvalue weighted by Gasteiger charge is -2.10. The highest BCUT2D eigenvalue weighted by molar-refractivity contribution is 7.99. The molecule has 2 aromatic rings. The number of pyridine rings is 2. The van der Waals surface area contributed by atoms with Crippen LogP contribution >= 0.6 is 11.8 Å². The van der Waals surface area contributed by atoms with Gasteiger partial charge in [0.05, 0.1) is 11.3 Å². The van der Waals surface area contributed by atoms with Crippen molar-refractivity contribution >= 4 is 11.8 Å². The average molecular weight is 281 g/mol. The Balaban J connectivity index is 1.92. The minimum absolute atomic E-state index is 0.613. The molecule has 3 rings (SSSR count). The summed E-state index contributed by atoms with van der Waals surface area (Å²) in [5, 5.41) is 10.7. The third-order valence-corrected chi connectivity index (χ3v) is 4.88. The van der Waals surface area contributed by atoms with Gasteiger partial charge in [-0.15, -0.1) is 11.8 Å². The molecule has 2 heterocycles. The molecule has 0 amide bonds. The summed E-state index contributed by atoms with van der Waals surface area (Å²) in [7, 11) is 0. The molecule has 20 heavy (non-hydrogen) atoms. The van der Waals surface area contributed by atoms with Crippen LogP contribution in [0.25, 0.3) is 11.3 Å². The Morgan fingerprint density at radius 2 is 1.85 bits per heavy atom. The molecule has 0 aliphatic heterocycles. The number of hydrogen-bond donors (Lipinski definition) is 0. The van der Waals surface area contributed by atoms with Gasteiger partial charge in [0.25, 0.3) is 0 Å². The minimum Gasteiger partial charge on any atom is -0.265 e. The number of hydrogen-bond acceptors (Lipinski definition) is 4. The van der Waals surface area contributed by atoms with Crippen molar-refractivity contribution in [2.75, 3.05) is 0 Å². The van der Waals surface area contributed by atoms with Crippen molar-refractivity contribution in [1.82, 2.24) is 9.97 Å². The predicted octanol–water partition coefficient (Wildman–Crippen LogP) is 4.05. The Bertz CT molecular complexity index is 628. The van der Waals surface area contributed by atoms with E-state index in [9.17, 15) is 5.26 Å². The Kier molecular flexibility index (Phi) is 3.98. The van der Waals surface area contributed by atoms with Crippen molar-refractivity contribution in [1.29, 1.82) is 5.26 Å². The molecule has 1 aliphatic rings. The SMILES string of the molecule is N#Cc1ccc(-c2ccncc2)nc1SC1CCCC1. The van der Waals surface area contributed by atoms with Crippen molar-refractivity contribution in [3.8, 4) is 17.3 Å². The summed E-state index contributed by atoms with van der Waals surface area (Å²) in [6.07, 6.45) is 8.58. The van der Waals surface area contributed by atoms with Gasteiger partial charge < -0.3 is 0 Å². The predicted molar refractivity (Wildman–Crippen MR) is 80.3 cm³/mol. The monoisotopic (exact) mass is 281 g/mol. The van der Waals surface area contributed by atoms with E-state index < -0.39 is 0 Å². The van der Waals surface area contributed by atoms with Crippen LogP contribution in [0.15, 0.2) is 41.7 Å². The lowest BCUT2D eigenvalue weighted by molar-refractivity contribution is 0.886. The Morgan fingerprint density at radius 1 is 1.10 bits per heavy atom. The molecule has 0 unspecified atom stereocenters. The number of thioether (sulfide) groups is 1. The van der Waals surface area contributed by atoms with Crippen LogP contribution in [0, 0.1) is 11.3 Å². The van der Waals surface area contributed by atoms with E-state index in [0.717, 1.165) is 16.3 Å². The van der Waals surface area contributed by atoms with E-state index in [-0.39, 0.29) is 0 Å². The topological polar surface area (TPSA) is 49.6 Å². The summed E-state index contributed by atoms with van der Waals surface area (Å²) in [4.78, 5) is 8.71. The Morgan fingerprint density at radius 3 is 2.55 bits per heavy atom. The lowest BCUT2D eigenvalue weighted by atomic mass is 10.1. The molecular weight excluding hydrogens is 266 g/mol. The molecule has 0 saturated heterocycles. The Hall–Kier alpha value is -1.86. The first-order valence-corrected chi connectivity index (χ1v) is 7.73. The molecule has 1 saturated carbocycles. The molecule has 1 fully saturated rings. The lowest BCUT2D eigenvalue weighted by Crippen LogP contribution is -1.98. The zero-order valence-electron chi connectivity index (χ0n) is 11.1. The molecule has 0 atom stereocenters.